The van der Waals surface area contributed by atoms with Crippen molar-refractivity contribution in [2.24, 2.45) is 11.7 Å². The molecule has 2 heteroatoms. The predicted octanol–water partition coefficient (Wildman–Crippen LogP) is 0.759. The molecular weight excluding hydrogens is 114 g/mol. The van der Waals surface area contributed by atoms with E-state index in [4.69, 9.17) is 10.5 Å². The second kappa shape index (κ2) is 2.67. The fourth-order valence-electron chi connectivity index (χ4n) is 1.44. The Labute approximate surface area is 56.4 Å². The topological polar surface area (TPSA) is 35.2 Å². The Hall–Kier alpha value is -0.0800. The van der Waals surface area contributed by atoms with E-state index in [2.05, 4.69) is 13.8 Å². The normalized spacial score (nSPS) is 39.0. The van der Waals surface area contributed by atoms with Crippen molar-refractivity contribution >= 4 is 0 Å². The molecule has 9 heavy (non-hydrogen) atoms. The van der Waals surface area contributed by atoms with Gasteiger partial charge in [0.15, 0.2) is 0 Å². The summed E-state index contributed by atoms with van der Waals surface area (Å²) in [5, 5.41) is 0. The fraction of sp³-hybridized carbons (Fsp3) is 1.00. The van der Waals surface area contributed by atoms with Crippen LogP contribution in [0.2, 0.25) is 0 Å². The quantitative estimate of drug-likeness (QED) is 0.567. The molecule has 2 N–H and O–H groups in total. The van der Waals surface area contributed by atoms with Gasteiger partial charge in [-0.3, -0.25) is 0 Å². The molecule has 0 radical (unpaired) electrons. The van der Waals surface area contributed by atoms with Crippen LogP contribution in [0, 0.1) is 5.92 Å². The Kier molecular flexibility index (Phi) is 2.09. The Morgan fingerprint density at radius 3 is 2.56 bits per heavy atom. The van der Waals surface area contributed by atoms with Gasteiger partial charge in [-0.05, 0) is 20.3 Å². The molecule has 3 atom stereocenters. The summed E-state index contributed by atoms with van der Waals surface area (Å²) in [7, 11) is 0. The van der Waals surface area contributed by atoms with E-state index in [1.165, 1.54) is 0 Å². The summed E-state index contributed by atoms with van der Waals surface area (Å²) in [6.45, 7) is 5.05. The molecule has 1 fully saturated rings. The fourth-order valence-corrected chi connectivity index (χ4v) is 1.44. The van der Waals surface area contributed by atoms with Crippen LogP contribution in [0.25, 0.3) is 0 Å². The number of hydrogen-bond donors (Lipinski definition) is 1. The molecule has 1 rings (SSSR count). The van der Waals surface area contributed by atoms with E-state index < -0.39 is 0 Å². The second-order valence-electron chi connectivity index (χ2n) is 2.89. The zero-order valence-electron chi connectivity index (χ0n) is 6.13. The lowest BCUT2D eigenvalue weighted by Gasteiger charge is -2.16. The van der Waals surface area contributed by atoms with Crippen molar-refractivity contribution in [2.45, 2.75) is 32.4 Å². The first-order valence-electron chi connectivity index (χ1n) is 3.59. The molecule has 0 aromatic heterocycles. The number of nitrogens with two attached hydrogens (primary N) is 1. The smallest absolute Gasteiger partial charge is 0.0590 e. The first-order chi connectivity index (χ1) is 4.22. The Morgan fingerprint density at radius 1 is 1.67 bits per heavy atom. The number of rotatable bonds is 1. The Balaban J connectivity index is 2.40. The average molecular weight is 129 g/mol. The van der Waals surface area contributed by atoms with Gasteiger partial charge in [-0.2, -0.15) is 0 Å². The van der Waals surface area contributed by atoms with E-state index in [1.54, 1.807) is 0 Å². The molecule has 0 amide bonds. The zero-order valence-corrected chi connectivity index (χ0v) is 6.13. The summed E-state index contributed by atoms with van der Waals surface area (Å²) in [6, 6.07) is 0.294. The Morgan fingerprint density at radius 2 is 2.33 bits per heavy atom. The van der Waals surface area contributed by atoms with E-state index in [-0.39, 0.29) is 0 Å². The second-order valence-corrected chi connectivity index (χ2v) is 2.89. The van der Waals surface area contributed by atoms with Crippen LogP contribution in [0.15, 0.2) is 0 Å². The highest BCUT2D eigenvalue weighted by Gasteiger charge is 2.26. The molecule has 1 heterocycles. The van der Waals surface area contributed by atoms with E-state index in [9.17, 15) is 0 Å². The number of hydrogen-bond acceptors (Lipinski definition) is 2. The molecule has 1 aliphatic heterocycles. The van der Waals surface area contributed by atoms with Crippen molar-refractivity contribution in [3.63, 3.8) is 0 Å². The lowest BCUT2D eigenvalue weighted by Crippen LogP contribution is -2.30. The lowest BCUT2D eigenvalue weighted by molar-refractivity contribution is 0.101. The first kappa shape index (κ1) is 7.03. The van der Waals surface area contributed by atoms with Gasteiger partial charge in [-0.15, -0.1) is 0 Å². The third-order valence-electron chi connectivity index (χ3n) is 2.11. The Bertz CT molecular complexity index is 92.9. The molecule has 1 saturated heterocycles. The van der Waals surface area contributed by atoms with Crippen molar-refractivity contribution < 1.29 is 4.74 Å². The van der Waals surface area contributed by atoms with Crippen molar-refractivity contribution in [1.29, 1.82) is 0 Å². The van der Waals surface area contributed by atoms with Crippen LogP contribution in [0.5, 0.6) is 0 Å². The van der Waals surface area contributed by atoms with E-state index in [0.717, 1.165) is 13.0 Å². The third kappa shape index (κ3) is 1.43. The van der Waals surface area contributed by atoms with Gasteiger partial charge in [-0.25, -0.2) is 0 Å². The molecule has 0 spiro atoms. The van der Waals surface area contributed by atoms with Gasteiger partial charge in [-0.1, -0.05) is 0 Å². The highest BCUT2D eigenvalue weighted by Crippen LogP contribution is 2.22. The van der Waals surface area contributed by atoms with Crippen LogP contribution >= 0.6 is 0 Å². The van der Waals surface area contributed by atoms with Crippen LogP contribution in [-0.2, 0) is 4.74 Å². The molecule has 0 bridgehead atoms. The van der Waals surface area contributed by atoms with Crippen LogP contribution in [0.3, 0.4) is 0 Å². The van der Waals surface area contributed by atoms with Crippen molar-refractivity contribution in [2.75, 3.05) is 6.61 Å². The highest BCUT2D eigenvalue weighted by molar-refractivity contribution is 4.78. The van der Waals surface area contributed by atoms with E-state index in [1.807, 2.05) is 0 Å². The van der Waals surface area contributed by atoms with Crippen molar-refractivity contribution in [1.82, 2.24) is 0 Å². The zero-order chi connectivity index (χ0) is 6.85. The highest BCUT2D eigenvalue weighted by atomic mass is 16.5. The monoisotopic (exact) mass is 129 g/mol. The minimum Gasteiger partial charge on any atom is -0.378 e. The molecule has 0 aliphatic carbocycles. The number of ether oxygens (including phenoxy) is 1. The molecule has 2 nitrogen and oxygen atoms in total. The van der Waals surface area contributed by atoms with Gasteiger partial charge in [0.25, 0.3) is 0 Å². The molecule has 0 aromatic carbocycles. The third-order valence-corrected chi connectivity index (χ3v) is 2.11. The van der Waals surface area contributed by atoms with Gasteiger partial charge in [0.2, 0.25) is 0 Å². The van der Waals surface area contributed by atoms with Crippen LogP contribution < -0.4 is 5.73 Å². The van der Waals surface area contributed by atoms with E-state index >= 15 is 0 Å². The predicted molar refractivity (Wildman–Crippen MR) is 37.2 cm³/mol. The first-order valence-corrected chi connectivity index (χ1v) is 3.59. The summed E-state index contributed by atoms with van der Waals surface area (Å²) in [4.78, 5) is 0. The van der Waals surface area contributed by atoms with Gasteiger partial charge in [0.05, 0.1) is 6.10 Å². The van der Waals surface area contributed by atoms with Crippen LogP contribution in [-0.4, -0.2) is 18.8 Å². The molecule has 54 valence electrons. The molecule has 0 aromatic rings. The summed E-state index contributed by atoms with van der Waals surface area (Å²) in [5.41, 5.74) is 5.71. The molecule has 1 aliphatic rings. The summed E-state index contributed by atoms with van der Waals surface area (Å²) >= 11 is 0. The maximum atomic E-state index is 5.71. The largest absolute Gasteiger partial charge is 0.378 e. The van der Waals surface area contributed by atoms with Crippen LogP contribution in [0.4, 0.5) is 0 Å². The molecule has 0 saturated carbocycles. The van der Waals surface area contributed by atoms with Crippen LogP contribution in [0.1, 0.15) is 20.3 Å². The van der Waals surface area contributed by atoms with Gasteiger partial charge < -0.3 is 10.5 Å². The van der Waals surface area contributed by atoms with Crippen molar-refractivity contribution in [3.8, 4) is 0 Å². The maximum absolute atomic E-state index is 5.71. The standard InChI is InChI=1S/C7H15NO/c1-5(8)7-3-4-9-6(7)2/h5-7H,3-4,8H2,1-2H3/t5-,6?,7?/m0/s1. The lowest BCUT2D eigenvalue weighted by atomic mass is 9.96. The minimum atomic E-state index is 0.294. The van der Waals surface area contributed by atoms with E-state index in [0.29, 0.717) is 18.1 Å². The summed E-state index contributed by atoms with van der Waals surface area (Å²) in [5.74, 6) is 0.588. The van der Waals surface area contributed by atoms with Gasteiger partial charge >= 0.3 is 0 Å². The van der Waals surface area contributed by atoms with Gasteiger partial charge in [0.1, 0.15) is 0 Å². The average Bonchev–Trinajstić information content (AvgIpc) is 2.13. The molecule has 2 unspecified atom stereocenters. The summed E-state index contributed by atoms with van der Waals surface area (Å²) in [6.07, 6.45) is 1.52. The SMILES string of the molecule is CC1OCCC1[C@H](C)N. The van der Waals surface area contributed by atoms with Gasteiger partial charge in [0, 0.05) is 18.6 Å². The maximum Gasteiger partial charge on any atom is 0.0590 e. The minimum absolute atomic E-state index is 0.294. The summed E-state index contributed by atoms with van der Waals surface area (Å²) < 4.78 is 5.35. The van der Waals surface area contributed by atoms with Crippen molar-refractivity contribution in [3.05, 3.63) is 0 Å². The molecular formula is C7H15NO.